The lowest BCUT2D eigenvalue weighted by molar-refractivity contribution is 0.0208. The molecule has 0 aromatic heterocycles. The molecule has 1 aliphatic rings. The summed E-state index contributed by atoms with van der Waals surface area (Å²) in [6, 6.07) is 1.06. The lowest BCUT2D eigenvalue weighted by Crippen LogP contribution is -2.53. The maximum Gasteiger partial charge on any atom is 0.200 e. The minimum Gasteiger partial charge on any atom is -0.484 e. The number of rotatable bonds is 3. The van der Waals surface area contributed by atoms with Gasteiger partial charge in [0.25, 0.3) is 0 Å². The van der Waals surface area contributed by atoms with Crippen molar-refractivity contribution in [1.29, 1.82) is 0 Å². The van der Waals surface area contributed by atoms with E-state index in [1.807, 2.05) is 0 Å². The van der Waals surface area contributed by atoms with Gasteiger partial charge in [0.2, 0.25) is 5.82 Å². The van der Waals surface area contributed by atoms with E-state index in [2.05, 4.69) is 0 Å². The molecule has 1 heterocycles. The van der Waals surface area contributed by atoms with Gasteiger partial charge in [-0.3, -0.25) is 4.90 Å². The van der Waals surface area contributed by atoms with Gasteiger partial charge in [0.15, 0.2) is 11.6 Å². The lowest BCUT2D eigenvalue weighted by Gasteiger charge is -2.38. The smallest absolute Gasteiger partial charge is 0.200 e. The zero-order valence-electron chi connectivity index (χ0n) is 13.1. The van der Waals surface area contributed by atoms with Crippen LogP contribution >= 0.6 is 0 Å². The normalized spacial score (nSPS) is 23.6. The number of nitrogens with zero attached hydrogens (tertiary/aromatic N) is 1. The average molecular weight is 236 g/mol. The maximum absolute atomic E-state index is 13.4. The third-order valence-electron chi connectivity index (χ3n) is 2.26. The Balaban J connectivity index is 2.01. The number of hydrogen-bond donors (Lipinski definition) is 0. The molecule has 16 heavy (non-hydrogen) atoms. The summed E-state index contributed by atoms with van der Waals surface area (Å²) in [4.78, 5) is 0.998. The first-order chi connectivity index (χ1) is 9.52. The summed E-state index contributed by atoms with van der Waals surface area (Å²) < 4.78 is 80.7. The van der Waals surface area contributed by atoms with Gasteiger partial charge in [-0.2, -0.15) is 4.39 Å². The highest BCUT2D eigenvalue weighted by Crippen LogP contribution is 2.24. The Hall–Kier alpha value is -1.23. The van der Waals surface area contributed by atoms with Gasteiger partial charge in [0.05, 0.1) is 0 Å². The molecule has 0 atom stereocenters. The Kier molecular flexibility index (Phi) is 1.76. The van der Waals surface area contributed by atoms with Crippen molar-refractivity contribution >= 4 is 0 Å². The van der Waals surface area contributed by atoms with Gasteiger partial charge in [0, 0.05) is 32.1 Å². The Morgan fingerprint density at radius 2 is 2.25 bits per heavy atom. The minimum atomic E-state index is -2.84. The van der Waals surface area contributed by atoms with Crippen molar-refractivity contribution in [2.75, 3.05) is 19.6 Å². The number of hydrogen-bond acceptors (Lipinski definition) is 2. The summed E-state index contributed by atoms with van der Waals surface area (Å²) in [5.74, 6) is -4.35. The molecule has 0 saturated carbocycles. The van der Waals surface area contributed by atoms with Crippen LogP contribution in [-0.2, 0) is 0 Å². The fraction of sp³-hybridized carbons (Fsp3) is 0.455. The molecule has 2 nitrogen and oxygen atoms in total. The largest absolute Gasteiger partial charge is 0.484 e. The predicted molar refractivity (Wildman–Crippen MR) is 52.8 cm³/mol. The summed E-state index contributed by atoms with van der Waals surface area (Å²) in [5, 5.41) is 0. The van der Waals surface area contributed by atoms with Crippen molar-refractivity contribution in [3.05, 3.63) is 29.6 Å². The summed E-state index contributed by atoms with van der Waals surface area (Å²) in [6.45, 7) is -5.63. The van der Waals surface area contributed by atoms with Gasteiger partial charge in [-0.1, -0.05) is 6.85 Å². The second kappa shape index (κ2) is 4.33. The molecule has 1 aromatic rings. The van der Waals surface area contributed by atoms with E-state index in [9.17, 15) is 13.2 Å². The summed E-state index contributed by atoms with van der Waals surface area (Å²) in [6.07, 6.45) is -0.738. The molecule has 1 fully saturated rings. The van der Waals surface area contributed by atoms with E-state index in [-0.39, 0.29) is 13.1 Å². The molecule has 0 aliphatic carbocycles. The highest BCUT2D eigenvalue weighted by molar-refractivity contribution is 5.26. The molecule has 1 saturated heterocycles. The van der Waals surface area contributed by atoms with E-state index in [0.29, 0.717) is 12.1 Å². The summed E-state index contributed by atoms with van der Waals surface area (Å²) >= 11 is 0. The minimum absolute atomic E-state index is 0.122. The number of ether oxygens (including phenoxy) is 1. The van der Waals surface area contributed by atoms with Crippen LogP contribution in [-0.4, -0.2) is 30.6 Å². The number of halogens is 3. The van der Waals surface area contributed by atoms with Gasteiger partial charge < -0.3 is 4.74 Å². The molecule has 0 amide bonds. The fourth-order valence-electron chi connectivity index (χ4n) is 1.40. The van der Waals surface area contributed by atoms with E-state index in [1.165, 1.54) is 0 Å². The van der Waals surface area contributed by atoms with Crippen molar-refractivity contribution in [2.45, 2.75) is 13.0 Å². The predicted octanol–water partition coefficient (Wildman–Crippen LogP) is 2.19. The molecular weight excluding hydrogens is 219 g/mol. The van der Waals surface area contributed by atoms with Crippen LogP contribution in [0.5, 0.6) is 5.75 Å². The molecule has 0 unspecified atom stereocenters. The zero-order chi connectivity index (χ0) is 16.0. The van der Waals surface area contributed by atoms with E-state index in [1.54, 1.807) is 0 Å². The molecule has 0 N–H and O–H groups in total. The van der Waals surface area contributed by atoms with E-state index in [0.717, 1.165) is 4.90 Å². The molecule has 1 aliphatic heterocycles. The third-order valence-corrected chi connectivity index (χ3v) is 2.26. The van der Waals surface area contributed by atoms with Crippen LogP contribution in [0.15, 0.2) is 12.1 Å². The van der Waals surface area contributed by atoms with Gasteiger partial charge in [0.1, 0.15) is 11.9 Å². The Morgan fingerprint density at radius 3 is 2.94 bits per heavy atom. The standard InChI is InChI=1S/C11H12F3NO/c1-2-15-5-8(6-15)16-10-4-7(12)3-9(13)11(10)14/h3-4,8H,2,5-6H2,1H3/i1D3,2D2. The van der Waals surface area contributed by atoms with Crippen molar-refractivity contribution in [1.82, 2.24) is 4.90 Å². The summed E-state index contributed by atoms with van der Waals surface area (Å²) in [5.41, 5.74) is 0. The summed E-state index contributed by atoms with van der Waals surface area (Å²) in [7, 11) is 0. The lowest BCUT2D eigenvalue weighted by atomic mass is 10.1. The molecule has 2 rings (SSSR count). The van der Waals surface area contributed by atoms with Crippen LogP contribution in [0.2, 0.25) is 0 Å². The Morgan fingerprint density at radius 1 is 1.50 bits per heavy atom. The van der Waals surface area contributed by atoms with Crippen LogP contribution in [0, 0.1) is 17.5 Å². The topological polar surface area (TPSA) is 12.5 Å². The Bertz CT molecular complexity index is 545. The molecule has 0 bridgehead atoms. The van der Waals surface area contributed by atoms with Crippen molar-refractivity contribution in [3.63, 3.8) is 0 Å². The quantitative estimate of drug-likeness (QED) is 0.746. The first kappa shape index (κ1) is 6.49. The maximum atomic E-state index is 13.4. The van der Waals surface area contributed by atoms with Gasteiger partial charge in [-0.05, 0) is 6.50 Å². The number of likely N-dealkylation sites (N-methyl/N-ethyl adjacent to an activating group) is 1. The molecular formula is C11H12F3NO. The molecule has 1 aromatic carbocycles. The molecule has 5 heteroatoms. The SMILES string of the molecule is [2H]C([2H])([2H])C([2H])([2H])N1CC(Oc2cc(F)cc(F)c2F)C1. The zero-order valence-corrected chi connectivity index (χ0v) is 8.14. The first-order valence-corrected chi connectivity index (χ1v) is 4.58. The van der Waals surface area contributed by atoms with Crippen molar-refractivity contribution < 1.29 is 24.8 Å². The van der Waals surface area contributed by atoms with Gasteiger partial charge in [-0.15, -0.1) is 0 Å². The van der Waals surface area contributed by atoms with Crippen LogP contribution in [0.1, 0.15) is 13.7 Å². The van der Waals surface area contributed by atoms with Crippen LogP contribution in [0.3, 0.4) is 0 Å². The first-order valence-electron chi connectivity index (χ1n) is 7.08. The van der Waals surface area contributed by atoms with Gasteiger partial charge >= 0.3 is 0 Å². The Labute approximate surface area is 98.6 Å². The van der Waals surface area contributed by atoms with E-state index < -0.39 is 42.7 Å². The second-order valence-corrected chi connectivity index (χ2v) is 3.46. The number of likely N-dealkylation sites (tertiary alicyclic amines) is 1. The molecule has 0 spiro atoms. The highest BCUT2D eigenvalue weighted by atomic mass is 19.2. The van der Waals surface area contributed by atoms with Crippen LogP contribution in [0.25, 0.3) is 0 Å². The van der Waals surface area contributed by atoms with E-state index in [4.69, 9.17) is 11.6 Å². The van der Waals surface area contributed by atoms with Crippen molar-refractivity contribution in [3.8, 4) is 5.75 Å². The molecule has 88 valence electrons. The van der Waals surface area contributed by atoms with E-state index >= 15 is 0 Å². The average Bonchev–Trinajstić information content (AvgIpc) is 2.27. The highest BCUT2D eigenvalue weighted by Gasteiger charge is 2.28. The monoisotopic (exact) mass is 236 g/mol. The van der Waals surface area contributed by atoms with Crippen LogP contribution in [0.4, 0.5) is 13.2 Å². The fourth-order valence-corrected chi connectivity index (χ4v) is 1.40. The molecule has 0 radical (unpaired) electrons. The third kappa shape index (κ3) is 2.14. The van der Waals surface area contributed by atoms with Gasteiger partial charge in [-0.25, -0.2) is 8.78 Å². The number of benzene rings is 1. The van der Waals surface area contributed by atoms with Crippen molar-refractivity contribution in [2.24, 2.45) is 0 Å². The second-order valence-electron chi connectivity index (χ2n) is 3.46. The van der Waals surface area contributed by atoms with Crippen LogP contribution < -0.4 is 4.74 Å².